The highest BCUT2D eigenvalue weighted by molar-refractivity contribution is 7.10. The van der Waals surface area contributed by atoms with Crippen molar-refractivity contribution in [1.29, 1.82) is 0 Å². The molecule has 0 aromatic carbocycles. The van der Waals surface area contributed by atoms with Crippen LogP contribution in [0, 0.1) is 0 Å². The number of hydrogen-bond donors (Lipinski definition) is 3. The van der Waals surface area contributed by atoms with Crippen LogP contribution in [0.25, 0.3) is 0 Å². The van der Waals surface area contributed by atoms with Gasteiger partial charge < -0.3 is 15.7 Å². The fraction of sp³-hybridized carbons (Fsp3) is 0.625. The maximum absolute atomic E-state index is 11.9. The molecule has 1 saturated carbocycles. The van der Waals surface area contributed by atoms with Gasteiger partial charge >= 0.3 is 11.8 Å². The molecule has 6 heteroatoms. The summed E-state index contributed by atoms with van der Waals surface area (Å²) < 4.78 is 0. The van der Waals surface area contributed by atoms with Crippen LogP contribution >= 0.6 is 11.3 Å². The molecule has 122 valence electrons. The summed E-state index contributed by atoms with van der Waals surface area (Å²) in [7, 11) is 0. The molecule has 0 aliphatic heterocycles. The van der Waals surface area contributed by atoms with Crippen molar-refractivity contribution in [2.24, 2.45) is 0 Å². The summed E-state index contributed by atoms with van der Waals surface area (Å²) in [6, 6.07) is 3.75. The zero-order valence-electron chi connectivity index (χ0n) is 12.9. The summed E-state index contributed by atoms with van der Waals surface area (Å²) >= 11 is 1.42. The molecule has 0 radical (unpaired) electrons. The Morgan fingerprint density at radius 2 is 1.95 bits per heavy atom. The Morgan fingerprint density at radius 1 is 1.27 bits per heavy atom. The third-order valence-electron chi connectivity index (χ3n) is 4.04. The van der Waals surface area contributed by atoms with E-state index in [1.165, 1.54) is 24.2 Å². The molecule has 22 heavy (non-hydrogen) atoms. The molecule has 1 aromatic heterocycles. The summed E-state index contributed by atoms with van der Waals surface area (Å²) in [6.07, 6.45) is 6.46. The fourth-order valence-electron chi connectivity index (χ4n) is 2.68. The molecule has 0 saturated heterocycles. The molecular formula is C16H24N2O3S. The first kappa shape index (κ1) is 17.0. The van der Waals surface area contributed by atoms with E-state index in [1.54, 1.807) is 6.92 Å². The minimum absolute atomic E-state index is 0.0183. The van der Waals surface area contributed by atoms with Gasteiger partial charge in [0.2, 0.25) is 0 Å². The lowest BCUT2D eigenvalue weighted by atomic mass is 10.1. The van der Waals surface area contributed by atoms with Gasteiger partial charge in [0.05, 0.1) is 6.54 Å². The van der Waals surface area contributed by atoms with Crippen molar-refractivity contribution in [3.8, 4) is 0 Å². The number of aliphatic hydroxyl groups is 1. The van der Waals surface area contributed by atoms with Gasteiger partial charge in [-0.2, -0.15) is 0 Å². The number of carbonyl (C=O) groups excluding carboxylic acids is 2. The van der Waals surface area contributed by atoms with Gasteiger partial charge in [0.25, 0.3) is 0 Å². The van der Waals surface area contributed by atoms with Crippen LogP contribution in [0.5, 0.6) is 0 Å². The molecule has 1 aliphatic carbocycles. The summed E-state index contributed by atoms with van der Waals surface area (Å²) in [6.45, 7) is 1.65. The van der Waals surface area contributed by atoms with E-state index in [-0.39, 0.29) is 12.6 Å². The second kappa shape index (κ2) is 7.74. The van der Waals surface area contributed by atoms with Crippen LogP contribution in [0.1, 0.15) is 50.3 Å². The van der Waals surface area contributed by atoms with E-state index in [1.807, 2.05) is 17.5 Å². The Morgan fingerprint density at radius 3 is 2.55 bits per heavy atom. The van der Waals surface area contributed by atoms with Crippen LogP contribution < -0.4 is 10.6 Å². The van der Waals surface area contributed by atoms with Crippen LogP contribution in [0.3, 0.4) is 0 Å². The van der Waals surface area contributed by atoms with Crippen molar-refractivity contribution < 1.29 is 14.7 Å². The lowest BCUT2D eigenvalue weighted by molar-refractivity contribution is -0.140. The highest BCUT2D eigenvalue weighted by Gasteiger charge is 2.27. The fourth-order valence-corrected chi connectivity index (χ4v) is 3.47. The van der Waals surface area contributed by atoms with Crippen molar-refractivity contribution >= 4 is 23.2 Å². The standard InChI is InChI=1S/C16H24N2O3S/c1-16(21,13-9-6-10-22-13)11-17-14(19)15(20)18-12-7-4-2-3-5-8-12/h6,9-10,12,21H,2-5,7-8,11H2,1H3,(H,17,19)(H,18,20). The van der Waals surface area contributed by atoms with E-state index in [0.717, 1.165) is 30.6 Å². The van der Waals surface area contributed by atoms with Crippen LogP contribution in [0.4, 0.5) is 0 Å². The van der Waals surface area contributed by atoms with Crippen LogP contribution in [-0.2, 0) is 15.2 Å². The zero-order valence-corrected chi connectivity index (χ0v) is 13.7. The molecule has 2 rings (SSSR count). The maximum atomic E-state index is 11.9. The third-order valence-corrected chi connectivity index (χ3v) is 5.16. The van der Waals surface area contributed by atoms with Gasteiger partial charge in [0.15, 0.2) is 0 Å². The summed E-state index contributed by atoms with van der Waals surface area (Å²) in [5.74, 6) is -1.28. The van der Waals surface area contributed by atoms with Crippen LogP contribution in [0.2, 0.25) is 0 Å². The van der Waals surface area contributed by atoms with Crippen LogP contribution in [0.15, 0.2) is 17.5 Å². The Labute approximate surface area is 135 Å². The average molecular weight is 324 g/mol. The summed E-state index contributed by atoms with van der Waals surface area (Å²) in [5.41, 5.74) is -1.16. The van der Waals surface area contributed by atoms with Gasteiger partial charge in [-0.15, -0.1) is 11.3 Å². The predicted octanol–water partition coefficient (Wildman–Crippen LogP) is 1.91. The second-order valence-electron chi connectivity index (χ2n) is 6.10. The van der Waals surface area contributed by atoms with Gasteiger partial charge in [0.1, 0.15) is 5.60 Å². The first-order chi connectivity index (χ1) is 10.5. The number of amides is 2. The molecule has 1 unspecified atom stereocenters. The molecular weight excluding hydrogens is 300 g/mol. The van der Waals surface area contributed by atoms with Gasteiger partial charge in [0, 0.05) is 10.9 Å². The molecule has 0 spiro atoms. The van der Waals surface area contributed by atoms with Crippen LogP contribution in [-0.4, -0.2) is 29.5 Å². The minimum atomic E-state index is -1.16. The van der Waals surface area contributed by atoms with Crippen molar-refractivity contribution in [1.82, 2.24) is 10.6 Å². The van der Waals surface area contributed by atoms with E-state index in [0.29, 0.717) is 0 Å². The zero-order chi connectivity index (χ0) is 16.0. The molecule has 1 aromatic rings. The largest absolute Gasteiger partial charge is 0.383 e. The van der Waals surface area contributed by atoms with Gasteiger partial charge in [-0.3, -0.25) is 9.59 Å². The monoisotopic (exact) mass is 324 g/mol. The third kappa shape index (κ3) is 4.81. The number of nitrogens with one attached hydrogen (secondary N) is 2. The normalized spacial score (nSPS) is 19.0. The molecule has 1 heterocycles. The number of carbonyl (C=O) groups is 2. The predicted molar refractivity (Wildman–Crippen MR) is 86.5 cm³/mol. The summed E-state index contributed by atoms with van der Waals surface area (Å²) in [5, 5.41) is 17.5. The maximum Gasteiger partial charge on any atom is 0.309 e. The van der Waals surface area contributed by atoms with E-state index in [4.69, 9.17) is 0 Å². The first-order valence-corrected chi connectivity index (χ1v) is 8.72. The number of rotatable bonds is 4. The lowest BCUT2D eigenvalue weighted by Gasteiger charge is -2.22. The van der Waals surface area contributed by atoms with E-state index in [2.05, 4.69) is 10.6 Å². The molecule has 1 fully saturated rings. The number of hydrogen-bond acceptors (Lipinski definition) is 4. The van der Waals surface area contributed by atoms with Crippen molar-refractivity contribution in [2.45, 2.75) is 57.1 Å². The van der Waals surface area contributed by atoms with E-state index >= 15 is 0 Å². The topological polar surface area (TPSA) is 78.4 Å². The SMILES string of the molecule is CC(O)(CNC(=O)C(=O)NC1CCCCCC1)c1cccs1. The minimum Gasteiger partial charge on any atom is -0.383 e. The van der Waals surface area contributed by atoms with Gasteiger partial charge in [-0.1, -0.05) is 31.7 Å². The highest BCUT2D eigenvalue weighted by Crippen LogP contribution is 2.24. The lowest BCUT2D eigenvalue weighted by Crippen LogP contribution is -2.47. The van der Waals surface area contributed by atoms with Gasteiger partial charge in [-0.25, -0.2) is 0 Å². The van der Waals surface area contributed by atoms with Crippen molar-refractivity contribution in [3.05, 3.63) is 22.4 Å². The van der Waals surface area contributed by atoms with E-state index in [9.17, 15) is 14.7 Å². The molecule has 1 aliphatic rings. The van der Waals surface area contributed by atoms with Crippen molar-refractivity contribution in [2.75, 3.05) is 6.54 Å². The first-order valence-electron chi connectivity index (χ1n) is 7.84. The molecule has 1 atom stereocenters. The molecule has 2 amide bonds. The Bertz CT molecular complexity index is 491. The molecule has 0 bridgehead atoms. The van der Waals surface area contributed by atoms with Crippen molar-refractivity contribution in [3.63, 3.8) is 0 Å². The average Bonchev–Trinajstić information content (AvgIpc) is 2.92. The molecule has 5 nitrogen and oxygen atoms in total. The second-order valence-corrected chi connectivity index (χ2v) is 7.04. The smallest absolute Gasteiger partial charge is 0.309 e. The Balaban J connectivity index is 1.80. The van der Waals surface area contributed by atoms with E-state index < -0.39 is 17.4 Å². The van der Waals surface area contributed by atoms with Gasteiger partial charge in [-0.05, 0) is 31.2 Å². The number of thiophene rings is 1. The quantitative estimate of drug-likeness (QED) is 0.585. The Kier molecular flexibility index (Phi) is 5.97. The summed E-state index contributed by atoms with van der Waals surface area (Å²) in [4.78, 5) is 24.6. The molecule has 3 N–H and O–H groups in total. The highest BCUT2D eigenvalue weighted by atomic mass is 32.1. The Hall–Kier alpha value is -1.40.